The first-order valence-electron chi connectivity index (χ1n) is 7.89. The number of carbonyl (C=O) groups excluding carboxylic acids is 1. The molecule has 0 saturated carbocycles. The van der Waals surface area contributed by atoms with Gasteiger partial charge in [0.15, 0.2) is 5.78 Å². The van der Waals surface area contributed by atoms with Gasteiger partial charge in [0, 0.05) is 17.7 Å². The number of hydrogen-bond donors (Lipinski definition) is 0. The Labute approximate surface area is 115 Å². The molecule has 3 rings (SSSR count). The molecule has 0 radical (unpaired) electrons. The van der Waals surface area contributed by atoms with Gasteiger partial charge >= 0.3 is 0 Å². The van der Waals surface area contributed by atoms with Gasteiger partial charge < -0.3 is 0 Å². The molecule has 0 saturated heterocycles. The fourth-order valence-corrected chi connectivity index (χ4v) is 3.44. The number of aryl methyl sites for hydroxylation is 3. The molecule has 1 aromatic heterocycles. The first-order chi connectivity index (χ1) is 9.34. The van der Waals surface area contributed by atoms with Crippen LogP contribution in [-0.2, 0) is 19.3 Å². The van der Waals surface area contributed by atoms with E-state index in [1.165, 1.54) is 49.8 Å². The van der Waals surface area contributed by atoms with Crippen molar-refractivity contribution in [2.24, 2.45) is 0 Å². The smallest absolute Gasteiger partial charge is 0.164 e. The molecule has 0 atom stereocenters. The average molecular weight is 257 g/mol. The molecule has 102 valence electrons. The van der Waals surface area contributed by atoms with Gasteiger partial charge in [-0.1, -0.05) is 25.7 Å². The van der Waals surface area contributed by atoms with Crippen LogP contribution in [0.25, 0.3) is 0 Å². The Balaban J connectivity index is 1.97. The summed E-state index contributed by atoms with van der Waals surface area (Å²) in [5, 5.41) is 0. The predicted molar refractivity (Wildman–Crippen MR) is 76.6 cm³/mol. The summed E-state index contributed by atoms with van der Waals surface area (Å²) in [6.07, 6.45) is 12.7. The predicted octanol–water partition coefficient (Wildman–Crippen LogP) is 4.04. The van der Waals surface area contributed by atoms with E-state index in [4.69, 9.17) is 4.98 Å². The largest absolute Gasteiger partial charge is 0.294 e. The van der Waals surface area contributed by atoms with Crippen LogP contribution in [0, 0.1) is 0 Å². The monoisotopic (exact) mass is 257 g/mol. The Kier molecular flexibility index (Phi) is 3.95. The summed E-state index contributed by atoms with van der Waals surface area (Å²) in [7, 11) is 0. The third-order valence-corrected chi connectivity index (χ3v) is 4.45. The van der Waals surface area contributed by atoms with Gasteiger partial charge in [0.2, 0.25) is 0 Å². The highest BCUT2D eigenvalue weighted by Gasteiger charge is 2.22. The van der Waals surface area contributed by atoms with Crippen molar-refractivity contribution in [1.29, 1.82) is 0 Å². The van der Waals surface area contributed by atoms with Gasteiger partial charge in [0.1, 0.15) is 0 Å². The van der Waals surface area contributed by atoms with Crippen LogP contribution < -0.4 is 0 Å². The summed E-state index contributed by atoms with van der Waals surface area (Å²) in [5.74, 6) is 0.338. The first kappa shape index (κ1) is 12.8. The zero-order chi connectivity index (χ0) is 13.1. The Hall–Kier alpha value is -1.18. The summed E-state index contributed by atoms with van der Waals surface area (Å²) in [4.78, 5) is 17.0. The van der Waals surface area contributed by atoms with Crippen LogP contribution in [0.2, 0.25) is 0 Å². The van der Waals surface area contributed by atoms with Crippen molar-refractivity contribution >= 4 is 5.78 Å². The molecule has 0 unspecified atom stereocenters. The summed E-state index contributed by atoms with van der Waals surface area (Å²) in [6.45, 7) is 0. The number of pyridine rings is 1. The molecular formula is C17H23NO. The number of fused-ring (bicyclic) bond motifs is 4. The fourth-order valence-electron chi connectivity index (χ4n) is 3.44. The lowest BCUT2D eigenvalue weighted by Crippen LogP contribution is -2.17. The number of Topliss-reactive ketones (excluding diaryl/α,β-unsaturated/α-hetero) is 1. The second kappa shape index (κ2) is 5.85. The van der Waals surface area contributed by atoms with Crippen molar-refractivity contribution in [2.45, 2.75) is 70.6 Å². The molecule has 1 aromatic rings. The number of carbonyl (C=O) groups is 1. The van der Waals surface area contributed by atoms with Crippen LogP contribution in [-0.4, -0.2) is 10.8 Å². The fraction of sp³-hybridized carbons (Fsp3) is 0.647. The van der Waals surface area contributed by atoms with Crippen LogP contribution in [0.15, 0.2) is 6.07 Å². The molecule has 2 aliphatic carbocycles. The molecule has 0 fully saturated rings. The van der Waals surface area contributed by atoms with Crippen molar-refractivity contribution in [3.8, 4) is 0 Å². The Morgan fingerprint density at radius 3 is 2.37 bits per heavy atom. The van der Waals surface area contributed by atoms with E-state index < -0.39 is 0 Å². The minimum absolute atomic E-state index is 0.338. The second-order valence-corrected chi connectivity index (χ2v) is 5.99. The van der Waals surface area contributed by atoms with Crippen LogP contribution in [0.5, 0.6) is 0 Å². The van der Waals surface area contributed by atoms with Crippen LogP contribution in [0.3, 0.4) is 0 Å². The van der Waals surface area contributed by atoms with E-state index in [9.17, 15) is 4.79 Å². The molecule has 1 heterocycles. The van der Waals surface area contributed by atoms with E-state index in [1.807, 2.05) is 0 Å². The van der Waals surface area contributed by atoms with Gasteiger partial charge in [0.05, 0.1) is 5.69 Å². The van der Waals surface area contributed by atoms with Crippen LogP contribution >= 0.6 is 0 Å². The molecule has 2 bridgehead atoms. The highest BCUT2D eigenvalue weighted by molar-refractivity contribution is 5.99. The normalized spacial score (nSPS) is 20.5. The lowest BCUT2D eigenvalue weighted by Gasteiger charge is -2.19. The zero-order valence-corrected chi connectivity index (χ0v) is 11.7. The molecule has 0 amide bonds. The summed E-state index contributed by atoms with van der Waals surface area (Å²) < 4.78 is 0. The average Bonchev–Trinajstić information content (AvgIpc) is 2.44. The van der Waals surface area contributed by atoms with Gasteiger partial charge in [0.25, 0.3) is 0 Å². The van der Waals surface area contributed by atoms with Gasteiger partial charge in [-0.25, -0.2) is 0 Å². The van der Waals surface area contributed by atoms with Crippen molar-refractivity contribution in [1.82, 2.24) is 4.98 Å². The maximum atomic E-state index is 12.2. The quantitative estimate of drug-likeness (QED) is 0.702. The third-order valence-electron chi connectivity index (χ3n) is 4.45. The summed E-state index contributed by atoms with van der Waals surface area (Å²) >= 11 is 0. The van der Waals surface area contributed by atoms with Crippen molar-refractivity contribution in [3.63, 3.8) is 0 Å². The van der Waals surface area contributed by atoms with E-state index in [2.05, 4.69) is 6.07 Å². The summed E-state index contributed by atoms with van der Waals surface area (Å²) in [6, 6.07) is 2.23. The van der Waals surface area contributed by atoms with Crippen molar-refractivity contribution in [3.05, 3.63) is 28.6 Å². The highest BCUT2D eigenvalue weighted by Crippen LogP contribution is 2.26. The number of ketones is 1. The third kappa shape index (κ3) is 2.88. The number of rotatable bonds is 0. The number of aromatic nitrogens is 1. The SMILES string of the molecule is O=C1CCCc2nc3cc(c21)CCCCCCCC3. The Morgan fingerprint density at radius 2 is 1.53 bits per heavy atom. The first-order valence-corrected chi connectivity index (χ1v) is 7.89. The Morgan fingerprint density at radius 1 is 0.789 bits per heavy atom. The van der Waals surface area contributed by atoms with E-state index in [-0.39, 0.29) is 0 Å². The van der Waals surface area contributed by atoms with E-state index in [0.29, 0.717) is 5.78 Å². The highest BCUT2D eigenvalue weighted by atomic mass is 16.1. The maximum Gasteiger partial charge on any atom is 0.164 e. The Bertz CT molecular complexity index is 478. The maximum absolute atomic E-state index is 12.2. The lowest BCUT2D eigenvalue weighted by molar-refractivity contribution is 0.0970. The molecule has 2 nitrogen and oxygen atoms in total. The minimum Gasteiger partial charge on any atom is -0.294 e. The summed E-state index contributed by atoms with van der Waals surface area (Å²) in [5.41, 5.74) is 4.62. The zero-order valence-electron chi connectivity index (χ0n) is 11.7. The standard InChI is InChI=1S/C17H23NO/c19-16-11-7-10-15-17(16)13-8-5-3-1-2-4-6-9-14(12-13)18-15/h12H,1-11H2. The molecule has 2 heteroatoms. The van der Waals surface area contributed by atoms with Gasteiger partial charge in [-0.3, -0.25) is 9.78 Å². The van der Waals surface area contributed by atoms with Gasteiger partial charge in [-0.2, -0.15) is 0 Å². The molecule has 19 heavy (non-hydrogen) atoms. The molecule has 0 aliphatic heterocycles. The number of nitrogens with zero attached hydrogens (tertiary/aromatic N) is 1. The van der Waals surface area contributed by atoms with E-state index >= 15 is 0 Å². The minimum atomic E-state index is 0.338. The second-order valence-electron chi connectivity index (χ2n) is 5.99. The molecule has 0 aromatic carbocycles. The van der Waals surface area contributed by atoms with E-state index in [0.717, 1.165) is 43.4 Å². The van der Waals surface area contributed by atoms with Gasteiger partial charge in [-0.15, -0.1) is 0 Å². The number of hydrogen-bond acceptors (Lipinski definition) is 2. The molecule has 0 N–H and O–H groups in total. The molecule has 0 spiro atoms. The molecule has 2 aliphatic rings. The van der Waals surface area contributed by atoms with Crippen LogP contribution in [0.1, 0.15) is 78.7 Å². The van der Waals surface area contributed by atoms with Crippen LogP contribution in [0.4, 0.5) is 0 Å². The van der Waals surface area contributed by atoms with Crippen molar-refractivity contribution < 1.29 is 4.79 Å². The van der Waals surface area contributed by atoms with E-state index in [1.54, 1.807) is 0 Å². The molecular weight excluding hydrogens is 234 g/mol. The lowest BCUT2D eigenvalue weighted by atomic mass is 9.88. The van der Waals surface area contributed by atoms with Gasteiger partial charge in [-0.05, 0) is 50.2 Å². The topological polar surface area (TPSA) is 30.0 Å². The van der Waals surface area contributed by atoms with Crippen molar-refractivity contribution in [2.75, 3.05) is 0 Å².